The highest BCUT2D eigenvalue weighted by Crippen LogP contribution is 2.28. The summed E-state index contributed by atoms with van der Waals surface area (Å²) >= 11 is 1.41. The highest BCUT2D eigenvalue weighted by Gasteiger charge is 2.23. The molecule has 0 spiro atoms. The Morgan fingerprint density at radius 2 is 1.97 bits per heavy atom. The van der Waals surface area contributed by atoms with Crippen molar-refractivity contribution in [3.8, 4) is 0 Å². The number of hydrogen-bond acceptors (Lipinski definition) is 8. The number of carbonyl (C=O) groups excluding carboxylic acids is 3. The molecule has 0 unspecified atom stereocenters. The van der Waals surface area contributed by atoms with Crippen molar-refractivity contribution in [2.45, 2.75) is 19.9 Å². The molecule has 2 amide bonds. The number of hydrogen-bond donors (Lipinski definition) is 2. The second kappa shape index (κ2) is 9.75. The molecule has 1 aliphatic heterocycles. The molecule has 4 rings (SSSR count). The van der Waals surface area contributed by atoms with Gasteiger partial charge in [0, 0.05) is 30.1 Å². The number of furan rings is 1. The largest absolute Gasteiger partial charge is 0.472 e. The number of carbonyl (C=O) groups is 3. The fourth-order valence-corrected chi connectivity index (χ4v) is 4.35. The highest BCUT2D eigenvalue weighted by atomic mass is 32.1. The Hall–Kier alpha value is -3.50. The molecule has 0 radical (unpaired) electrons. The molecule has 10 heteroatoms. The molecule has 1 aromatic carbocycles. The van der Waals surface area contributed by atoms with Crippen molar-refractivity contribution in [3.05, 3.63) is 64.6 Å². The van der Waals surface area contributed by atoms with Gasteiger partial charge in [-0.1, -0.05) is 0 Å². The first-order valence-corrected chi connectivity index (χ1v) is 10.9. The number of anilines is 2. The van der Waals surface area contributed by atoms with Gasteiger partial charge in [-0.2, -0.15) is 0 Å². The van der Waals surface area contributed by atoms with Crippen LogP contribution in [0.15, 0.2) is 47.3 Å². The lowest BCUT2D eigenvalue weighted by molar-refractivity contribution is -0.117. The molecule has 2 N–H and O–H groups in total. The smallest absolute Gasteiger partial charge is 0.338 e. The van der Waals surface area contributed by atoms with Crippen LogP contribution in [-0.4, -0.2) is 47.4 Å². The van der Waals surface area contributed by atoms with Gasteiger partial charge in [0.15, 0.2) is 5.13 Å². The summed E-state index contributed by atoms with van der Waals surface area (Å²) in [6.45, 7) is 3.58. The van der Waals surface area contributed by atoms with Crippen molar-refractivity contribution in [1.29, 1.82) is 0 Å². The Morgan fingerprint density at radius 1 is 1.16 bits per heavy atom. The van der Waals surface area contributed by atoms with Crippen LogP contribution in [-0.2, 0) is 22.5 Å². The number of amides is 2. The van der Waals surface area contributed by atoms with Crippen LogP contribution in [0.5, 0.6) is 0 Å². The number of rotatable bonds is 7. The number of nitrogens with zero attached hydrogens (tertiary/aromatic N) is 2. The standard InChI is InChI=1S/C22H22N4O5S/c1-2-31-21(29)14-3-5-16(6-4-14)23-19(27)12-26-9-7-17-18(11-26)32-22(24-17)25-20(28)15-8-10-30-13-15/h3-6,8,10,13H,2,7,9,11-12H2,1H3,(H,23,27)(H,24,25,28). The van der Waals surface area contributed by atoms with Crippen molar-refractivity contribution in [2.24, 2.45) is 0 Å². The second-order valence-electron chi connectivity index (χ2n) is 7.16. The first-order valence-electron chi connectivity index (χ1n) is 10.1. The summed E-state index contributed by atoms with van der Waals surface area (Å²) in [7, 11) is 0. The van der Waals surface area contributed by atoms with E-state index in [2.05, 4.69) is 15.6 Å². The summed E-state index contributed by atoms with van der Waals surface area (Å²) in [4.78, 5) is 43.9. The van der Waals surface area contributed by atoms with E-state index in [-0.39, 0.29) is 24.3 Å². The van der Waals surface area contributed by atoms with Gasteiger partial charge in [0.1, 0.15) is 6.26 Å². The number of esters is 1. The zero-order valence-corrected chi connectivity index (χ0v) is 18.2. The van der Waals surface area contributed by atoms with Gasteiger partial charge in [-0.3, -0.25) is 19.8 Å². The molecule has 1 aliphatic rings. The van der Waals surface area contributed by atoms with Crippen molar-refractivity contribution in [3.63, 3.8) is 0 Å². The fourth-order valence-electron chi connectivity index (χ4n) is 3.31. The van der Waals surface area contributed by atoms with Gasteiger partial charge in [0.05, 0.1) is 36.2 Å². The lowest BCUT2D eigenvalue weighted by atomic mass is 10.2. The molecule has 2 aromatic heterocycles. The number of fused-ring (bicyclic) bond motifs is 1. The van der Waals surface area contributed by atoms with Crippen LogP contribution < -0.4 is 10.6 Å². The van der Waals surface area contributed by atoms with Crippen LogP contribution >= 0.6 is 11.3 Å². The molecular weight excluding hydrogens is 432 g/mol. The van der Waals surface area contributed by atoms with Crippen molar-refractivity contribution >= 4 is 39.9 Å². The Bertz CT molecular complexity index is 1110. The lowest BCUT2D eigenvalue weighted by Gasteiger charge is -2.25. The summed E-state index contributed by atoms with van der Waals surface area (Å²) in [5, 5.41) is 6.17. The maximum absolute atomic E-state index is 12.5. The van der Waals surface area contributed by atoms with Gasteiger partial charge in [-0.25, -0.2) is 9.78 Å². The molecule has 166 valence electrons. The summed E-state index contributed by atoms with van der Waals surface area (Å²) in [6, 6.07) is 8.19. The maximum Gasteiger partial charge on any atom is 0.338 e. The SMILES string of the molecule is CCOC(=O)c1ccc(NC(=O)CN2CCc3nc(NC(=O)c4ccoc4)sc3C2)cc1. The van der Waals surface area contributed by atoms with E-state index >= 15 is 0 Å². The quantitative estimate of drug-likeness (QED) is 0.527. The van der Waals surface area contributed by atoms with Crippen LogP contribution in [0, 0.1) is 0 Å². The summed E-state index contributed by atoms with van der Waals surface area (Å²) in [5.41, 5.74) is 2.44. The number of nitrogens with one attached hydrogen (secondary N) is 2. The van der Waals surface area contributed by atoms with Gasteiger partial charge in [0.25, 0.3) is 5.91 Å². The van der Waals surface area contributed by atoms with Gasteiger partial charge < -0.3 is 14.5 Å². The molecule has 9 nitrogen and oxygen atoms in total. The van der Waals surface area contributed by atoms with Crippen molar-refractivity contribution < 1.29 is 23.5 Å². The van der Waals surface area contributed by atoms with E-state index in [4.69, 9.17) is 9.15 Å². The molecule has 0 bridgehead atoms. The molecule has 32 heavy (non-hydrogen) atoms. The highest BCUT2D eigenvalue weighted by molar-refractivity contribution is 7.15. The van der Waals surface area contributed by atoms with Crippen LogP contribution in [0.25, 0.3) is 0 Å². The Labute approximate surface area is 188 Å². The van der Waals surface area contributed by atoms with E-state index in [1.165, 1.54) is 23.9 Å². The molecule has 0 fully saturated rings. The van der Waals surface area contributed by atoms with Crippen molar-refractivity contribution in [2.75, 3.05) is 30.3 Å². The van der Waals surface area contributed by atoms with E-state index in [0.717, 1.165) is 10.6 Å². The van der Waals surface area contributed by atoms with Gasteiger partial charge in [-0.15, -0.1) is 11.3 Å². The molecule has 0 aliphatic carbocycles. The third-order valence-corrected chi connectivity index (χ3v) is 5.86. The average Bonchev–Trinajstić information content (AvgIpc) is 3.44. The van der Waals surface area contributed by atoms with Crippen LogP contribution in [0.1, 0.15) is 38.2 Å². The first kappa shape index (κ1) is 21.7. The monoisotopic (exact) mass is 454 g/mol. The Morgan fingerprint density at radius 3 is 2.69 bits per heavy atom. The molecule has 3 aromatic rings. The Kier molecular flexibility index (Phi) is 6.62. The van der Waals surface area contributed by atoms with Gasteiger partial charge in [0.2, 0.25) is 5.91 Å². The topological polar surface area (TPSA) is 114 Å². The van der Waals surface area contributed by atoms with Crippen LogP contribution in [0.3, 0.4) is 0 Å². The molecule has 3 heterocycles. The maximum atomic E-state index is 12.5. The van der Waals surface area contributed by atoms with Crippen LogP contribution in [0.2, 0.25) is 0 Å². The summed E-state index contributed by atoms with van der Waals surface area (Å²) < 4.78 is 9.89. The predicted molar refractivity (Wildman–Crippen MR) is 119 cm³/mol. The molecule has 0 atom stereocenters. The van der Waals surface area contributed by atoms with E-state index in [1.54, 1.807) is 37.3 Å². The minimum Gasteiger partial charge on any atom is -0.472 e. The number of benzene rings is 1. The minimum atomic E-state index is -0.389. The molecular formula is C22H22N4O5S. The van der Waals surface area contributed by atoms with E-state index < -0.39 is 0 Å². The first-order chi connectivity index (χ1) is 15.5. The predicted octanol–water partition coefficient (Wildman–Crippen LogP) is 3.16. The third kappa shape index (κ3) is 5.21. The van der Waals surface area contributed by atoms with Gasteiger partial charge >= 0.3 is 5.97 Å². The second-order valence-corrected chi connectivity index (χ2v) is 8.25. The fraction of sp³-hybridized carbons (Fsp3) is 0.273. The normalized spacial score (nSPS) is 13.3. The van der Waals surface area contributed by atoms with E-state index in [9.17, 15) is 14.4 Å². The van der Waals surface area contributed by atoms with Crippen molar-refractivity contribution in [1.82, 2.24) is 9.88 Å². The zero-order chi connectivity index (χ0) is 22.5. The van der Waals surface area contributed by atoms with E-state index in [1.807, 2.05) is 4.90 Å². The number of ether oxygens (including phenoxy) is 1. The average molecular weight is 455 g/mol. The summed E-state index contributed by atoms with van der Waals surface area (Å²) in [6.07, 6.45) is 3.53. The number of aromatic nitrogens is 1. The Balaban J connectivity index is 1.30. The molecule has 0 saturated heterocycles. The number of thiazole rings is 1. The van der Waals surface area contributed by atoms with Gasteiger partial charge in [-0.05, 0) is 37.3 Å². The van der Waals surface area contributed by atoms with Crippen LogP contribution in [0.4, 0.5) is 10.8 Å². The minimum absolute atomic E-state index is 0.143. The lowest BCUT2D eigenvalue weighted by Crippen LogP contribution is -2.36. The molecule has 0 saturated carbocycles. The third-order valence-electron chi connectivity index (χ3n) is 4.86. The summed E-state index contributed by atoms with van der Waals surface area (Å²) in [5.74, 6) is -0.801. The van der Waals surface area contributed by atoms with E-state index in [0.29, 0.717) is 48.1 Å². The zero-order valence-electron chi connectivity index (χ0n) is 17.4.